The summed E-state index contributed by atoms with van der Waals surface area (Å²) in [4.78, 5) is 80.9. The number of anilines is 2. The number of amides is 5. The number of aliphatic hydroxyl groups is 1. The van der Waals surface area contributed by atoms with E-state index in [1.54, 1.807) is 42.5 Å². The lowest BCUT2D eigenvalue weighted by atomic mass is 9.65. The molecule has 5 N–H and O–H groups in total. The second-order valence-corrected chi connectivity index (χ2v) is 16.9. The molecule has 16 nitrogen and oxygen atoms in total. The first kappa shape index (κ1) is 44.6. The number of esters is 1. The number of rotatable bonds is 12. The van der Waals surface area contributed by atoms with E-state index in [9.17, 15) is 14.7 Å². The van der Waals surface area contributed by atoms with Crippen molar-refractivity contribution in [2.75, 3.05) is 50.3 Å². The highest BCUT2D eigenvalue weighted by Gasteiger charge is 2.76. The number of fused-ring (bicyclic) bond motifs is 4. The molecule has 5 aromatic carbocycles. The standard InChI is InChI=1S/C50H44N6O10S/c1-63-27-28-65-49(62)55-37-23-18-30(11-10-24-52-47(51)61)29-35(37)50(46(55)60)39(44(58)54-48-53-36-16-8-9-17-38(36)67-48)41-45(59)66-42(32-14-6-3-7-15-32)40(31-12-4-2-5-13-31)56(41)43(50)33-19-21-34(22-20-33)64-26-25-57/h2-9,12-23,29,39-43,57H,24-28H2,1H3,(H3,51,52,61)(H,53,54,58). The van der Waals surface area contributed by atoms with Crippen LogP contribution < -0.4 is 26.0 Å². The number of thiazole rings is 1. The number of methoxy groups -OCH3 is 1. The molecule has 2 saturated heterocycles. The second-order valence-electron chi connectivity index (χ2n) is 15.9. The molecular formula is C50H44N6O10S. The number of nitrogens with two attached hydrogens (primary N) is 1. The molecule has 6 atom stereocenters. The van der Waals surface area contributed by atoms with Crippen molar-refractivity contribution in [3.8, 4) is 17.6 Å². The van der Waals surface area contributed by atoms with Crippen LogP contribution in [0, 0.1) is 17.8 Å². The van der Waals surface area contributed by atoms with Gasteiger partial charge in [0.15, 0.2) is 5.13 Å². The zero-order valence-corrected chi connectivity index (χ0v) is 36.8. The SMILES string of the molecule is COCCOC(=O)N1C(=O)C2(c3cc(C#CCNC(N)=O)ccc31)C(C(=O)Nc1nc3ccccc3s1)C1C(=O)OC(c3ccccc3)C(c3ccccc3)N1C2c1ccc(OCCO)cc1. The van der Waals surface area contributed by atoms with Gasteiger partial charge in [-0.25, -0.2) is 19.5 Å². The summed E-state index contributed by atoms with van der Waals surface area (Å²) in [6, 6.07) is 33.3. The van der Waals surface area contributed by atoms with E-state index in [-0.39, 0.29) is 49.4 Å². The van der Waals surface area contributed by atoms with Gasteiger partial charge in [0.1, 0.15) is 36.5 Å². The number of benzene rings is 5. The van der Waals surface area contributed by atoms with Gasteiger partial charge in [0.05, 0.1) is 53.7 Å². The second kappa shape index (κ2) is 19.1. The molecule has 6 unspecified atom stereocenters. The van der Waals surface area contributed by atoms with Crippen molar-refractivity contribution in [1.29, 1.82) is 0 Å². The normalized spacial score (nSPS) is 21.8. The van der Waals surface area contributed by atoms with Crippen LogP contribution in [0.3, 0.4) is 0 Å². The molecule has 0 bridgehead atoms. The van der Waals surface area contributed by atoms with E-state index in [0.29, 0.717) is 33.5 Å². The summed E-state index contributed by atoms with van der Waals surface area (Å²) >= 11 is 1.22. The van der Waals surface area contributed by atoms with Crippen LogP contribution in [0.2, 0.25) is 0 Å². The highest BCUT2D eigenvalue weighted by Crippen LogP contribution is 2.66. The Kier molecular flexibility index (Phi) is 12.7. The number of cyclic esters (lactones) is 1. The van der Waals surface area contributed by atoms with Crippen LogP contribution in [0.5, 0.6) is 5.75 Å². The molecule has 17 heteroatoms. The summed E-state index contributed by atoms with van der Waals surface area (Å²) in [6.07, 6.45) is -1.98. The van der Waals surface area contributed by atoms with Gasteiger partial charge in [0.2, 0.25) is 11.8 Å². The Balaban J connectivity index is 1.34. The van der Waals surface area contributed by atoms with Crippen LogP contribution in [-0.4, -0.2) is 91.0 Å². The first-order valence-electron chi connectivity index (χ1n) is 21.4. The molecule has 3 aliphatic heterocycles. The summed E-state index contributed by atoms with van der Waals surface area (Å²) in [5.41, 5.74) is 6.34. The number of hydrogen-bond donors (Lipinski definition) is 4. The number of primary amides is 1. The van der Waals surface area contributed by atoms with Crippen molar-refractivity contribution in [2.45, 2.75) is 29.6 Å². The zero-order chi connectivity index (χ0) is 46.7. The fourth-order valence-electron chi connectivity index (χ4n) is 9.54. The molecule has 0 radical (unpaired) electrons. The largest absolute Gasteiger partial charge is 0.491 e. The average molecular weight is 921 g/mol. The molecule has 3 aliphatic rings. The molecule has 6 aromatic rings. The fraction of sp³-hybridized carbons (Fsp3) is 0.240. The summed E-state index contributed by atoms with van der Waals surface area (Å²) in [5, 5.41) is 15.2. The van der Waals surface area contributed by atoms with Crippen LogP contribution in [0.1, 0.15) is 46.0 Å². The van der Waals surface area contributed by atoms with Gasteiger partial charge in [-0.15, -0.1) is 0 Å². The van der Waals surface area contributed by atoms with E-state index in [0.717, 1.165) is 9.60 Å². The monoisotopic (exact) mass is 920 g/mol. The van der Waals surface area contributed by atoms with Crippen molar-refractivity contribution in [3.63, 3.8) is 0 Å². The Hall–Kier alpha value is -7.62. The lowest BCUT2D eigenvalue weighted by Gasteiger charge is -2.46. The third-order valence-corrected chi connectivity index (χ3v) is 13.1. The third-order valence-electron chi connectivity index (χ3n) is 12.1. The first-order chi connectivity index (χ1) is 32.6. The van der Waals surface area contributed by atoms with E-state index < -0.39 is 65.5 Å². The topological polar surface area (TPSA) is 212 Å². The van der Waals surface area contributed by atoms with Crippen LogP contribution in [0.15, 0.2) is 127 Å². The summed E-state index contributed by atoms with van der Waals surface area (Å²) in [6.45, 7) is -0.492. The molecule has 0 aliphatic carbocycles. The van der Waals surface area contributed by atoms with Gasteiger partial charge in [0, 0.05) is 12.7 Å². The minimum Gasteiger partial charge on any atom is -0.491 e. The van der Waals surface area contributed by atoms with E-state index in [2.05, 4.69) is 22.5 Å². The number of urea groups is 1. The number of aromatic nitrogens is 1. The van der Waals surface area contributed by atoms with E-state index in [1.165, 1.54) is 18.4 Å². The first-order valence-corrected chi connectivity index (χ1v) is 22.2. The number of hydrogen-bond acceptors (Lipinski definition) is 13. The van der Waals surface area contributed by atoms with Crippen molar-refractivity contribution in [2.24, 2.45) is 11.7 Å². The van der Waals surface area contributed by atoms with Crippen LogP contribution in [0.25, 0.3) is 10.2 Å². The lowest BCUT2D eigenvalue weighted by Crippen LogP contribution is -2.54. The fourth-order valence-corrected chi connectivity index (χ4v) is 10.4. The third kappa shape index (κ3) is 8.21. The van der Waals surface area contributed by atoms with E-state index in [1.807, 2.05) is 89.8 Å². The maximum Gasteiger partial charge on any atom is 0.421 e. The Morgan fingerprint density at radius 1 is 0.866 bits per heavy atom. The highest BCUT2D eigenvalue weighted by molar-refractivity contribution is 7.22. The molecule has 340 valence electrons. The van der Waals surface area contributed by atoms with Crippen LogP contribution in [0.4, 0.5) is 20.4 Å². The minimum atomic E-state index is -2.12. The Morgan fingerprint density at radius 3 is 2.28 bits per heavy atom. The Morgan fingerprint density at radius 2 is 1.58 bits per heavy atom. The van der Waals surface area contributed by atoms with Gasteiger partial charge < -0.3 is 40.4 Å². The maximum absolute atomic E-state index is 16.3. The van der Waals surface area contributed by atoms with Crippen molar-refractivity contribution in [3.05, 3.63) is 155 Å². The Bertz CT molecular complexity index is 2870. The molecule has 1 spiro atoms. The summed E-state index contributed by atoms with van der Waals surface area (Å²) < 4.78 is 23.9. The van der Waals surface area contributed by atoms with Crippen LogP contribution >= 0.6 is 11.3 Å². The number of carbonyl (C=O) groups excluding carboxylic acids is 5. The van der Waals surface area contributed by atoms with Gasteiger partial charge in [-0.2, -0.15) is 0 Å². The summed E-state index contributed by atoms with van der Waals surface area (Å²) in [7, 11) is 1.44. The molecule has 1 aromatic heterocycles. The molecule has 2 fully saturated rings. The Labute approximate surface area is 388 Å². The minimum absolute atomic E-state index is 0.0143. The highest BCUT2D eigenvalue weighted by atomic mass is 32.1. The molecule has 5 amide bonds. The average Bonchev–Trinajstić information content (AvgIpc) is 3.98. The van der Waals surface area contributed by atoms with Crippen molar-refractivity contribution in [1.82, 2.24) is 15.2 Å². The number of imide groups is 1. The smallest absolute Gasteiger partial charge is 0.421 e. The number of aliphatic hydroxyl groups excluding tert-OH is 1. The van der Waals surface area contributed by atoms with Crippen LogP contribution in [-0.2, 0) is 34.0 Å². The number of morpholine rings is 1. The zero-order valence-electron chi connectivity index (χ0n) is 36.0. The van der Waals surface area contributed by atoms with Gasteiger partial charge >= 0.3 is 18.1 Å². The quantitative estimate of drug-likeness (QED) is 0.0655. The van der Waals surface area contributed by atoms with E-state index in [4.69, 9.17) is 29.7 Å². The van der Waals surface area contributed by atoms with Gasteiger partial charge in [0.25, 0.3) is 0 Å². The number of nitrogens with one attached hydrogen (secondary N) is 2. The van der Waals surface area contributed by atoms with Gasteiger partial charge in [-0.3, -0.25) is 19.3 Å². The maximum atomic E-state index is 16.3. The molecule has 9 rings (SSSR count). The molecule has 4 heterocycles. The predicted molar refractivity (Wildman–Crippen MR) is 247 cm³/mol. The van der Waals surface area contributed by atoms with E-state index >= 15 is 14.4 Å². The number of nitrogens with zero attached hydrogens (tertiary/aromatic N) is 3. The molecular weight excluding hydrogens is 877 g/mol. The number of para-hydroxylation sites is 1. The van der Waals surface area contributed by atoms with Crippen molar-refractivity contribution >= 4 is 62.3 Å². The molecule has 67 heavy (non-hydrogen) atoms. The lowest BCUT2D eigenvalue weighted by molar-refractivity contribution is -0.177. The van der Waals surface area contributed by atoms with Gasteiger partial charge in [-0.05, 0) is 64.7 Å². The molecule has 0 saturated carbocycles. The number of ether oxygens (including phenoxy) is 4. The number of carbonyl (C=O) groups is 5. The van der Waals surface area contributed by atoms with Crippen molar-refractivity contribution < 1.29 is 48.0 Å². The summed E-state index contributed by atoms with van der Waals surface area (Å²) in [5.74, 6) is 2.32. The predicted octanol–water partition coefficient (Wildman–Crippen LogP) is 5.77. The van der Waals surface area contributed by atoms with Gasteiger partial charge in [-0.1, -0.05) is 108 Å².